The van der Waals surface area contributed by atoms with E-state index >= 15 is 0 Å². The Bertz CT molecular complexity index is 599. The summed E-state index contributed by atoms with van der Waals surface area (Å²) in [6.07, 6.45) is 1.00. The number of phenols is 2. The number of phenolic OH excluding ortho intramolecular Hbond substituents is 2. The van der Waals surface area contributed by atoms with E-state index in [-0.39, 0.29) is 23.7 Å². The first kappa shape index (κ1) is 17.3. The molecule has 0 radical (unpaired) electrons. The van der Waals surface area contributed by atoms with Crippen molar-refractivity contribution in [2.45, 2.75) is 32.2 Å². The molecule has 0 spiro atoms. The van der Waals surface area contributed by atoms with Crippen LogP contribution in [0.5, 0.6) is 11.5 Å². The maximum absolute atomic E-state index is 11.8. The highest BCUT2D eigenvalue weighted by Crippen LogP contribution is 2.25. The van der Waals surface area contributed by atoms with Gasteiger partial charge >= 0.3 is 5.97 Å². The Morgan fingerprint density at radius 3 is 2.48 bits per heavy atom. The van der Waals surface area contributed by atoms with Gasteiger partial charge in [0.15, 0.2) is 11.5 Å². The molecular formula is C13H19NO6S. The molecule has 0 unspecified atom stereocenters. The third-order valence-corrected chi connectivity index (χ3v) is 4.34. The molecule has 1 rings (SSSR count). The number of hydrogen-bond donors (Lipinski definition) is 4. The Balaban J connectivity index is 2.83. The smallest absolute Gasteiger partial charge is 0.322 e. The highest BCUT2D eigenvalue weighted by Gasteiger charge is 2.24. The van der Waals surface area contributed by atoms with E-state index in [1.54, 1.807) is 0 Å². The maximum atomic E-state index is 11.8. The van der Waals surface area contributed by atoms with Crippen LogP contribution >= 0.6 is 0 Å². The molecule has 1 aromatic rings. The second-order valence-electron chi connectivity index (χ2n) is 4.71. The monoisotopic (exact) mass is 317 g/mol. The molecule has 8 heteroatoms. The predicted molar refractivity (Wildman–Crippen MR) is 76.7 cm³/mol. The number of carbonyl (C=O) groups is 1. The van der Waals surface area contributed by atoms with Gasteiger partial charge in [-0.1, -0.05) is 19.4 Å². The number of sulfonamides is 1. The zero-order chi connectivity index (χ0) is 16.0. The highest BCUT2D eigenvalue weighted by molar-refractivity contribution is 7.89. The molecule has 118 valence electrons. The van der Waals surface area contributed by atoms with Gasteiger partial charge in [-0.25, -0.2) is 13.1 Å². The van der Waals surface area contributed by atoms with Crippen LogP contribution in [0, 0.1) is 0 Å². The van der Waals surface area contributed by atoms with Gasteiger partial charge in [0.1, 0.15) is 6.04 Å². The van der Waals surface area contributed by atoms with Gasteiger partial charge in [-0.15, -0.1) is 0 Å². The van der Waals surface area contributed by atoms with Gasteiger partial charge < -0.3 is 15.3 Å². The first-order valence-corrected chi connectivity index (χ1v) is 8.14. The molecule has 0 aliphatic rings. The second kappa shape index (κ2) is 7.28. The van der Waals surface area contributed by atoms with E-state index in [0.717, 1.165) is 0 Å². The lowest BCUT2D eigenvalue weighted by Gasteiger charge is -2.15. The van der Waals surface area contributed by atoms with Crippen LogP contribution in [-0.2, 0) is 21.2 Å². The lowest BCUT2D eigenvalue weighted by atomic mass is 10.1. The van der Waals surface area contributed by atoms with Crippen molar-refractivity contribution in [2.24, 2.45) is 0 Å². The number of aromatic hydroxyl groups is 2. The van der Waals surface area contributed by atoms with E-state index in [1.807, 2.05) is 6.92 Å². The lowest BCUT2D eigenvalue weighted by Crippen LogP contribution is -2.43. The van der Waals surface area contributed by atoms with Gasteiger partial charge in [0.05, 0.1) is 5.75 Å². The van der Waals surface area contributed by atoms with E-state index in [4.69, 9.17) is 5.11 Å². The first-order valence-electron chi connectivity index (χ1n) is 6.49. The fraction of sp³-hybridized carbons (Fsp3) is 0.462. The molecule has 0 amide bonds. The van der Waals surface area contributed by atoms with E-state index in [0.29, 0.717) is 18.4 Å². The highest BCUT2D eigenvalue weighted by atomic mass is 32.2. The van der Waals surface area contributed by atoms with E-state index in [9.17, 15) is 23.4 Å². The summed E-state index contributed by atoms with van der Waals surface area (Å²) in [5, 5.41) is 27.7. The van der Waals surface area contributed by atoms with Crippen LogP contribution in [0.4, 0.5) is 0 Å². The maximum Gasteiger partial charge on any atom is 0.322 e. The molecule has 0 heterocycles. The number of nitrogens with one attached hydrogen (secondary N) is 1. The average molecular weight is 317 g/mol. The van der Waals surface area contributed by atoms with E-state index < -0.39 is 22.0 Å². The molecule has 0 fully saturated rings. The third-order valence-electron chi connectivity index (χ3n) is 2.87. The summed E-state index contributed by atoms with van der Waals surface area (Å²) >= 11 is 0. The second-order valence-corrected chi connectivity index (χ2v) is 6.58. The summed E-state index contributed by atoms with van der Waals surface area (Å²) in [7, 11) is -3.67. The van der Waals surface area contributed by atoms with Gasteiger partial charge in [-0.05, 0) is 30.5 Å². The van der Waals surface area contributed by atoms with Crippen molar-refractivity contribution < 1.29 is 28.5 Å². The van der Waals surface area contributed by atoms with Crippen LogP contribution in [0.2, 0.25) is 0 Å². The average Bonchev–Trinajstić information content (AvgIpc) is 2.39. The zero-order valence-electron chi connectivity index (χ0n) is 11.6. The standard InChI is InChI=1S/C13H19NO6S/c1-2-3-6-21(19,20)14-10(13(17)18)7-9-4-5-11(15)12(16)8-9/h4-5,8,10,14-16H,2-3,6-7H2,1H3,(H,17,18)/t10-/m0/s1. The number of hydrogen-bond acceptors (Lipinski definition) is 5. The Hall–Kier alpha value is -1.80. The number of unbranched alkanes of at least 4 members (excludes halogenated alkanes) is 1. The number of carboxylic acids is 1. The Morgan fingerprint density at radius 2 is 1.95 bits per heavy atom. The van der Waals surface area contributed by atoms with Gasteiger partial charge in [0.2, 0.25) is 10.0 Å². The van der Waals surface area contributed by atoms with Gasteiger partial charge in [0.25, 0.3) is 0 Å². The number of aliphatic carboxylic acids is 1. The van der Waals surface area contributed by atoms with Crippen molar-refractivity contribution in [3.05, 3.63) is 23.8 Å². The summed E-state index contributed by atoms with van der Waals surface area (Å²) < 4.78 is 25.6. The van der Waals surface area contributed by atoms with Crippen LogP contribution in [-0.4, -0.2) is 41.5 Å². The molecule has 7 nitrogen and oxygen atoms in total. The predicted octanol–water partition coefficient (Wildman–Crippen LogP) is 0.813. The summed E-state index contributed by atoms with van der Waals surface area (Å²) in [6, 6.07) is 2.52. The molecule has 21 heavy (non-hydrogen) atoms. The fourth-order valence-electron chi connectivity index (χ4n) is 1.72. The molecular weight excluding hydrogens is 298 g/mol. The minimum atomic E-state index is -3.67. The molecule has 1 atom stereocenters. The molecule has 0 aliphatic carbocycles. The van der Waals surface area contributed by atoms with Crippen LogP contribution < -0.4 is 4.72 Å². The molecule has 1 aromatic carbocycles. The molecule has 0 saturated heterocycles. The van der Waals surface area contributed by atoms with Gasteiger partial charge in [-0.3, -0.25) is 4.79 Å². The van der Waals surface area contributed by atoms with Crippen molar-refractivity contribution in [1.29, 1.82) is 0 Å². The van der Waals surface area contributed by atoms with E-state index in [1.165, 1.54) is 18.2 Å². The SMILES string of the molecule is CCCCS(=O)(=O)N[C@@H](Cc1ccc(O)c(O)c1)C(=O)O. The molecule has 0 aromatic heterocycles. The van der Waals surface area contributed by atoms with Crippen molar-refractivity contribution in [3.63, 3.8) is 0 Å². The lowest BCUT2D eigenvalue weighted by molar-refractivity contribution is -0.138. The molecule has 0 aliphatic heterocycles. The summed E-state index contributed by atoms with van der Waals surface area (Å²) in [5.74, 6) is -2.14. The van der Waals surface area contributed by atoms with Crippen LogP contribution in [0.1, 0.15) is 25.3 Å². The third kappa shape index (κ3) is 5.60. The molecule has 0 bridgehead atoms. The van der Waals surface area contributed by atoms with Crippen molar-refractivity contribution >= 4 is 16.0 Å². The molecule has 4 N–H and O–H groups in total. The quantitative estimate of drug-likeness (QED) is 0.526. The minimum absolute atomic E-state index is 0.130. The Kier molecular flexibility index (Phi) is 5.98. The van der Waals surface area contributed by atoms with Crippen LogP contribution in [0.15, 0.2) is 18.2 Å². The number of benzene rings is 1. The van der Waals surface area contributed by atoms with Gasteiger partial charge in [-0.2, -0.15) is 0 Å². The Morgan fingerprint density at radius 1 is 1.29 bits per heavy atom. The zero-order valence-corrected chi connectivity index (χ0v) is 12.4. The molecule has 0 saturated carbocycles. The summed E-state index contributed by atoms with van der Waals surface area (Å²) in [6.45, 7) is 1.84. The fourth-order valence-corrected chi connectivity index (χ4v) is 3.13. The Labute approximate surface area is 123 Å². The number of carboxylic acid groups (broad SMARTS) is 1. The number of rotatable bonds is 8. The van der Waals surface area contributed by atoms with Gasteiger partial charge in [0, 0.05) is 0 Å². The largest absolute Gasteiger partial charge is 0.504 e. The van der Waals surface area contributed by atoms with Crippen molar-refractivity contribution in [2.75, 3.05) is 5.75 Å². The topological polar surface area (TPSA) is 124 Å². The normalized spacial score (nSPS) is 13.0. The van der Waals surface area contributed by atoms with Crippen LogP contribution in [0.3, 0.4) is 0 Å². The van der Waals surface area contributed by atoms with Crippen molar-refractivity contribution in [3.8, 4) is 11.5 Å². The van der Waals surface area contributed by atoms with E-state index in [2.05, 4.69) is 4.72 Å². The summed E-state index contributed by atoms with van der Waals surface area (Å²) in [4.78, 5) is 11.2. The minimum Gasteiger partial charge on any atom is -0.504 e. The first-order chi connectivity index (χ1) is 9.75. The van der Waals surface area contributed by atoms with Crippen LogP contribution in [0.25, 0.3) is 0 Å². The summed E-state index contributed by atoms with van der Waals surface area (Å²) in [5.41, 5.74) is 0.399. The van der Waals surface area contributed by atoms with Crippen molar-refractivity contribution in [1.82, 2.24) is 4.72 Å².